The molecule has 1 atom stereocenters. The predicted octanol–water partition coefficient (Wildman–Crippen LogP) is 0.627. The molecular formula is C16H16NO5-. The maximum Gasteiger partial charge on any atom is 0.336 e. The topological polar surface area (TPSA) is 86.7 Å². The lowest BCUT2D eigenvalue weighted by atomic mass is 9.97. The van der Waals surface area contributed by atoms with Crippen LogP contribution in [0.25, 0.3) is 0 Å². The van der Waals surface area contributed by atoms with E-state index >= 15 is 0 Å². The molecule has 1 heterocycles. The molecule has 0 aliphatic carbocycles. The Morgan fingerprint density at radius 3 is 2.45 bits per heavy atom. The van der Waals surface area contributed by atoms with E-state index in [0.717, 1.165) is 0 Å². The molecule has 1 amide bonds. The molecule has 116 valence electrons. The number of allylic oxidation sites excluding steroid dienone is 1. The molecule has 0 saturated carbocycles. The quantitative estimate of drug-likeness (QED) is 0.744. The highest BCUT2D eigenvalue weighted by Gasteiger charge is 2.42. The zero-order valence-electron chi connectivity index (χ0n) is 12.4. The Labute approximate surface area is 128 Å². The Kier molecular flexibility index (Phi) is 4.60. The average Bonchev–Trinajstić information content (AvgIpc) is 2.71. The standard InChI is InChI=1S/C16H17NO5/c1-3-22-16(21)14-10(2)17(11-7-5-4-6-8-11)15(20)12(14)9-13(18)19/h4-8,12H,3,9H2,1-2H3,(H,18,19)/p-1/t12-/m0/s1. The average molecular weight is 302 g/mol. The Balaban J connectivity index is 2.47. The first-order chi connectivity index (χ1) is 10.5. The number of ether oxygens (including phenoxy) is 1. The van der Waals surface area contributed by atoms with E-state index in [9.17, 15) is 19.5 Å². The SMILES string of the molecule is CCOC(=O)C1=C(C)N(c2ccccc2)C(=O)[C@H]1CC(=O)[O-]. The molecule has 0 saturated heterocycles. The Bertz CT molecular complexity index is 635. The van der Waals surface area contributed by atoms with Crippen molar-refractivity contribution in [2.24, 2.45) is 5.92 Å². The highest BCUT2D eigenvalue weighted by atomic mass is 16.5. The number of rotatable bonds is 5. The molecule has 0 N–H and O–H groups in total. The van der Waals surface area contributed by atoms with Gasteiger partial charge in [0.1, 0.15) is 0 Å². The number of hydrogen-bond donors (Lipinski definition) is 0. The number of carbonyl (C=O) groups excluding carboxylic acids is 3. The molecule has 1 aliphatic heterocycles. The second-order valence-electron chi connectivity index (χ2n) is 4.86. The molecule has 0 fully saturated rings. The first-order valence-electron chi connectivity index (χ1n) is 6.94. The third-order valence-electron chi connectivity index (χ3n) is 3.47. The van der Waals surface area contributed by atoms with Crippen LogP contribution in [0, 0.1) is 5.92 Å². The third-order valence-corrected chi connectivity index (χ3v) is 3.47. The van der Waals surface area contributed by atoms with Gasteiger partial charge in [-0.25, -0.2) is 4.79 Å². The normalized spacial score (nSPS) is 17.8. The minimum absolute atomic E-state index is 0.0832. The van der Waals surface area contributed by atoms with E-state index < -0.39 is 30.2 Å². The minimum Gasteiger partial charge on any atom is -0.550 e. The molecule has 6 heteroatoms. The number of anilines is 1. The molecule has 0 aromatic heterocycles. The van der Waals surface area contributed by atoms with Crippen molar-refractivity contribution in [1.82, 2.24) is 0 Å². The van der Waals surface area contributed by atoms with Crippen molar-refractivity contribution in [3.8, 4) is 0 Å². The summed E-state index contributed by atoms with van der Waals surface area (Å²) in [6.07, 6.45) is -0.548. The summed E-state index contributed by atoms with van der Waals surface area (Å²) in [6.45, 7) is 3.40. The van der Waals surface area contributed by atoms with Gasteiger partial charge >= 0.3 is 5.97 Å². The number of carboxylic acid groups (broad SMARTS) is 1. The third kappa shape index (κ3) is 2.86. The largest absolute Gasteiger partial charge is 0.550 e. The maximum absolute atomic E-state index is 12.6. The Hall–Kier alpha value is -2.63. The van der Waals surface area contributed by atoms with Crippen molar-refractivity contribution in [2.75, 3.05) is 11.5 Å². The highest BCUT2D eigenvalue weighted by molar-refractivity contribution is 6.11. The summed E-state index contributed by atoms with van der Waals surface area (Å²) in [5.41, 5.74) is 1.05. The van der Waals surface area contributed by atoms with Gasteiger partial charge in [-0.1, -0.05) is 18.2 Å². The molecule has 6 nitrogen and oxygen atoms in total. The van der Waals surface area contributed by atoms with Crippen LogP contribution in [0.15, 0.2) is 41.6 Å². The van der Waals surface area contributed by atoms with Crippen molar-refractivity contribution >= 4 is 23.5 Å². The van der Waals surface area contributed by atoms with E-state index in [1.807, 2.05) is 0 Å². The fourth-order valence-corrected chi connectivity index (χ4v) is 2.57. The van der Waals surface area contributed by atoms with Crippen molar-refractivity contribution < 1.29 is 24.2 Å². The van der Waals surface area contributed by atoms with Crippen LogP contribution in [0.4, 0.5) is 5.69 Å². The summed E-state index contributed by atoms with van der Waals surface area (Å²) >= 11 is 0. The molecule has 1 aromatic carbocycles. The first kappa shape index (κ1) is 15.8. The van der Waals surface area contributed by atoms with Gasteiger partial charge in [-0.2, -0.15) is 0 Å². The number of benzene rings is 1. The van der Waals surface area contributed by atoms with Gasteiger partial charge in [0.15, 0.2) is 0 Å². The van der Waals surface area contributed by atoms with Gasteiger partial charge in [0, 0.05) is 23.8 Å². The molecule has 22 heavy (non-hydrogen) atoms. The van der Waals surface area contributed by atoms with Crippen molar-refractivity contribution in [3.63, 3.8) is 0 Å². The number of carbonyl (C=O) groups is 3. The summed E-state index contributed by atoms with van der Waals surface area (Å²) in [5, 5.41) is 10.9. The van der Waals surface area contributed by atoms with Crippen LogP contribution in [-0.2, 0) is 19.1 Å². The van der Waals surface area contributed by atoms with Gasteiger partial charge in [-0.05, 0) is 26.0 Å². The predicted molar refractivity (Wildman–Crippen MR) is 76.4 cm³/mol. The van der Waals surface area contributed by atoms with Crippen LogP contribution >= 0.6 is 0 Å². The van der Waals surface area contributed by atoms with Gasteiger partial charge in [0.2, 0.25) is 5.91 Å². The number of hydrogen-bond acceptors (Lipinski definition) is 5. The lowest BCUT2D eigenvalue weighted by Crippen LogP contribution is -2.33. The number of esters is 1. The molecule has 0 bridgehead atoms. The van der Waals surface area contributed by atoms with Crippen LogP contribution in [0.3, 0.4) is 0 Å². The smallest absolute Gasteiger partial charge is 0.336 e. The van der Waals surface area contributed by atoms with Crippen molar-refractivity contribution in [1.29, 1.82) is 0 Å². The number of amides is 1. The zero-order valence-corrected chi connectivity index (χ0v) is 12.4. The lowest BCUT2D eigenvalue weighted by molar-refractivity contribution is -0.306. The van der Waals surface area contributed by atoms with E-state index in [0.29, 0.717) is 11.4 Å². The Morgan fingerprint density at radius 1 is 1.27 bits per heavy atom. The van der Waals surface area contributed by atoms with Crippen molar-refractivity contribution in [3.05, 3.63) is 41.6 Å². The summed E-state index contributed by atoms with van der Waals surface area (Å²) in [5.74, 6) is -3.60. The Morgan fingerprint density at radius 2 is 1.91 bits per heavy atom. The monoisotopic (exact) mass is 302 g/mol. The molecule has 0 unspecified atom stereocenters. The molecule has 0 radical (unpaired) electrons. The first-order valence-corrected chi connectivity index (χ1v) is 6.94. The number of para-hydroxylation sites is 1. The molecular weight excluding hydrogens is 286 g/mol. The summed E-state index contributed by atoms with van der Waals surface area (Å²) in [7, 11) is 0. The van der Waals surface area contributed by atoms with Crippen LogP contribution in [0.2, 0.25) is 0 Å². The summed E-state index contributed by atoms with van der Waals surface area (Å²) < 4.78 is 4.95. The van der Waals surface area contributed by atoms with Crippen molar-refractivity contribution in [2.45, 2.75) is 20.3 Å². The van der Waals surface area contributed by atoms with Gasteiger partial charge < -0.3 is 14.6 Å². The van der Waals surface area contributed by atoms with Crippen LogP contribution in [0.1, 0.15) is 20.3 Å². The minimum atomic E-state index is -1.39. The second-order valence-corrected chi connectivity index (χ2v) is 4.86. The van der Waals surface area contributed by atoms with E-state index in [2.05, 4.69) is 0 Å². The maximum atomic E-state index is 12.6. The lowest BCUT2D eigenvalue weighted by Gasteiger charge is -2.19. The fourth-order valence-electron chi connectivity index (χ4n) is 2.57. The van der Waals surface area contributed by atoms with Gasteiger partial charge in [0.05, 0.1) is 18.1 Å². The fraction of sp³-hybridized carbons (Fsp3) is 0.312. The van der Waals surface area contributed by atoms with Gasteiger partial charge in [-0.15, -0.1) is 0 Å². The van der Waals surface area contributed by atoms with E-state index in [4.69, 9.17) is 4.74 Å². The van der Waals surface area contributed by atoms with Crippen LogP contribution in [0.5, 0.6) is 0 Å². The van der Waals surface area contributed by atoms with Crippen LogP contribution < -0.4 is 10.0 Å². The highest BCUT2D eigenvalue weighted by Crippen LogP contribution is 2.36. The molecule has 1 aliphatic rings. The summed E-state index contributed by atoms with van der Waals surface area (Å²) in [6, 6.07) is 8.74. The number of carboxylic acids is 1. The summed E-state index contributed by atoms with van der Waals surface area (Å²) in [4.78, 5) is 36.9. The number of aliphatic carboxylic acids is 1. The number of nitrogens with zero attached hydrogens (tertiary/aromatic N) is 1. The van der Waals surface area contributed by atoms with Gasteiger partial charge in [-0.3, -0.25) is 9.69 Å². The van der Waals surface area contributed by atoms with E-state index in [1.165, 1.54) is 4.90 Å². The zero-order chi connectivity index (χ0) is 16.3. The van der Waals surface area contributed by atoms with Gasteiger partial charge in [0.25, 0.3) is 0 Å². The second kappa shape index (κ2) is 6.43. The molecule has 0 spiro atoms. The van der Waals surface area contributed by atoms with E-state index in [-0.39, 0.29) is 12.2 Å². The van der Waals surface area contributed by atoms with Crippen LogP contribution in [-0.4, -0.2) is 24.5 Å². The van der Waals surface area contributed by atoms with E-state index in [1.54, 1.807) is 44.2 Å². The molecule has 2 rings (SSSR count). The molecule has 1 aromatic rings.